The molecule has 0 saturated carbocycles. The van der Waals surface area contributed by atoms with Crippen LogP contribution in [0.4, 0.5) is 5.82 Å². The molecule has 2 aliphatic rings. The summed E-state index contributed by atoms with van der Waals surface area (Å²) < 4.78 is 0. The van der Waals surface area contributed by atoms with Gasteiger partial charge in [0.05, 0.1) is 18.4 Å². The smallest absolute Gasteiger partial charge is 0.165 e. The number of aromatic nitrogens is 1. The van der Waals surface area contributed by atoms with Crippen molar-refractivity contribution in [1.29, 1.82) is 0 Å². The molecule has 0 unspecified atom stereocenters. The Balaban J connectivity index is 2.01. The zero-order valence-corrected chi connectivity index (χ0v) is 11.2. The van der Waals surface area contributed by atoms with Crippen molar-refractivity contribution in [2.75, 3.05) is 13.1 Å². The van der Waals surface area contributed by atoms with Gasteiger partial charge in [0.15, 0.2) is 5.82 Å². The highest BCUT2D eigenvalue weighted by Gasteiger charge is 2.27. The first-order valence-electron chi connectivity index (χ1n) is 6.75. The molecule has 4 rings (SSSR count). The first kappa shape index (κ1) is 11.3. The van der Waals surface area contributed by atoms with Gasteiger partial charge in [0.2, 0.25) is 0 Å². The second-order valence-corrected chi connectivity index (χ2v) is 5.02. The molecule has 0 amide bonds. The monoisotopic (exact) mass is 262 g/mol. The third-order valence-corrected chi connectivity index (χ3v) is 3.63. The van der Waals surface area contributed by atoms with Gasteiger partial charge in [0.1, 0.15) is 5.84 Å². The molecular weight excluding hydrogens is 248 g/mol. The number of benzene rings is 1. The normalized spacial score (nSPS) is 15.8. The highest BCUT2D eigenvalue weighted by molar-refractivity contribution is 6.14. The predicted octanol–water partition coefficient (Wildman–Crippen LogP) is 2.79. The molecule has 0 N–H and O–H groups in total. The summed E-state index contributed by atoms with van der Waals surface area (Å²) in [6, 6.07) is 12.5. The van der Waals surface area contributed by atoms with E-state index >= 15 is 0 Å². The van der Waals surface area contributed by atoms with Gasteiger partial charge >= 0.3 is 0 Å². The second-order valence-electron chi connectivity index (χ2n) is 5.02. The van der Waals surface area contributed by atoms with E-state index in [1.54, 1.807) is 0 Å². The Morgan fingerprint density at radius 2 is 2.00 bits per heavy atom. The summed E-state index contributed by atoms with van der Waals surface area (Å²) in [6.45, 7) is 3.73. The molecule has 2 aromatic rings. The van der Waals surface area contributed by atoms with Crippen LogP contribution >= 0.6 is 0 Å². The number of hydrogen-bond acceptors (Lipinski definition) is 4. The molecule has 0 saturated heterocycles. The SMILES string of the molecule is Cc1cc(-c2ccccc2)c2c(n1)N=CN1CCN=C21. The number of aryl methyl sites for hydroxylation is 1. The van der Waals surface area contributed by atoms with E-state index in [4.69, 9.17) is 0 Å². The minimum atomic E-state index is 0.778. The summed E-state index contributed by atoms with van der Waals surface area (Å²) in [5, 5.41) is 0. The van der Waals surface area contributed by atoms with Crippen LogP contribution in [0.5, 0.6) is 0 Å². The number of nitrogens with zero attached hydrogens (tertiary/aromatic N) is 4. The molecule has 0 fully saturated rings. The number of aliphatic imine (C=N–C) groups is 2. The Kier molecular flexibility index (Phi) is 2.42. The van der Waals surface area contributed by atoms with Crippen molar-refractivity contribution in [2.45, 2.75) is 6.92 Å². The lowest BCUT2D eigenvalue weighted by atomic mass is 9.98. The van der Waals surface area contributed by atoms with E-state index in [-0.39, 0.29) is 0 Å². The van der Waals surface area contributed by atoms with E-state index in [0.717, 1.165) is 41.6 Å². The number of pyridine rings is 1. The Labute approximate surface area is 117 Å². The van der Waals surface area contributed by atoms with Crippen molar-refractivity contribution in [3.63, 3.8) is 0 Å². The van der Waals surface area contributed by atoms with Gasteiger partial charge < -0.3 is 4.90 Å². The van der Waals surface area contributed by atoms with Gasteiger partial charge in [0, 0.05) is 12.2 Å². The number of rotatable bonds is 1. The molecule has 3 heterocycles. The van der Waals surface area contributed by atoms with Crippen LogP contribution in [0.2, 0.25) is 0 Å². The maximum Gasteiger partial charge on any atom is 0.165 e. The van der Waals surface area contributed by atoms with E-state index in [9.17, 15) is 0 Å². The standard InChI is InChI=1S/C16H14N4/c1-11-9-13(12-5-3-2-4-6-12)14-15(19-11)18-10-20-8-7-17-16(14)20/h2-6,9-10H,7-8H2,1H3. The van der Waals surface area contributed by atoms with E-state index in [1.807, 2.05) is 19.3 Å². The van der Waals surface area contributed by atoms with Crippen molar-refractivity contribution >= 4 is 18.0 Å². The Hall–Kier alpha value is -2.49. The largest absolute Gasteiger partial charge is 0.315 e. The Bertz CT molecular complexity index is 732. The molecule has 4 nitrogen and oxygen atoms in total. The molecule has 0 spiro atoms. The summed E-state index contributed by atoms with van der Waals surface area (Å²) in [5.41, 5.74) is 4.38. The lowest BCUT2D eigenvalue weighted by molar-refractivity contribution is 0.679. The fourth-order valence-corrected chi connectivity index (χ4v) is 2.74. The zero-order valence-electron chi connectivity index (χ0n) is 11.2. The van der Waals surface area contributed by atoms with Gasteiger partial charge in [-0.2, -0.15) is 0 Å². The van der Waals surface area contributed by atoms with Gasteiger partial charge in [-0.15, -0.1) is 0 Å². The lowest BCUT2D eigenvalue weighted by Crippen LogP contribution is -2.30. The highest BCUT2D eigenvalue weighted by atomic mass is 15.3. The van der Waals surface area contributed by atoms with Crippen molar-refractivity contribution in [2.24, 2.45) is 9.98 Å². The molecule has 0 aliphatic carbocycles. The third kappa shape index (κ3) is 1.65. The van der Waals surface area contributed by atoms with Crippen LogP contribution in [0.3, 0.4) is 0 Å². The molecule has 0 bridgehead atoms. The van der Waals surface area contributed by atoms with E-state index in [2.05, 4.69) is 50.2 Å². The topological polar surface area (TPSA) is 40.9 Å². The van der Waals surface area contributed by atoms with Crippen molar-refractivity contribution < 1.29 is 0 Å². The van der Waals surface area contributed by atoms with Crippen molar-refractivity contribution in [3.05, 3.63) is 47.7 Å². The molecule has 1 aromatic carbocycles. The van der Waals surface area contributed by atoms with Gasteiger partial charge in [-0.05, 0) is 24.1 Å². The van der Waals surface area contributed by atoms with Gasteiger partial charge in [0.25, 0.3) is 0 Å². The van der Waals surface area contributed by atoms with Crippen LogP contribution in [0.25, 0.3) is 11.1 Å². The van der Waals surface area contributed by atoms with E-state index in [0.29, 0.717) is 0 Å². The molecule has 98 valence electrons. The van der Waals surface area contributed by atoms with Crippen LogP contribution in [0.1, 0.15) is 11.3 Å². The Morgan fingerprint density at radius 1 is 1.15 bits per heavy atom. The average Bonchev–Trinajstić information content (AvgIpc) is 2.95. The lowest BCUT2D eigenvalue weighted by Gasteiger charge is -2.23. The summed E-state index contributed by atoms with van der Waals surface area (Å²) in [5.74, 6) is 1.78. The van der Waals surface area contributed by atoms with Crippen LogP contribution in [-0.4, -0.2) is 35.1 Å². The number of fused-ring (bicyclic) bond motifs is 3. The quantitative estimate of drug-likeness (QED) is 0.793. The van der Waals surface area contributed by atoms with Crippen molar-refractivity contribution in [3.8, 4) is 11.1 Å². The summed E-state index contributed by atoms with van der Waals surface area (Å²) in [4.78, 5) is 15.8. The summed E-state index contributed by atoms with van der Waals surface area (Å²) >= 11 is 0. The van der Waals surface area contributed by atoms with Crippen LogP contribution in [0, 0.1) is 6.92 Å². The van der Waals surface area contributed by atoms with Gasteiger partial charge in [-0.1, -0.05) is 30.3 Å². The predicted molar refractivity (Wildman–Crippen MR) is 80.7 cm³/mol. The molecule has 0 radical (unpaired) electrons. The number of hydrogen-bond donors (Lipinski definition) is 0. The molecule has 4 heteroatoms. The van der Waals surface area contributed by atoms with Crippen LogP contribution in [0.15, 0.2) is 46.4 Å². The molecular formula is C16H14N4. The zero-order chi connectivity index (χ0) is 13.5. The molecule has 2 aliphatic heterocycles. The van der Waals surface area contributed by atoms with E-state index < -0.39 is 0 Å². The first-order valence-corrected chi connectivity index (χ1v) is 6.75. The Morgan fingerprint density at radius 3 is 2.85 bits per heavy atom. The van der Waals surface area contributed by atoms with Gasteiger partial charge in [-0.25, -0.2) is 9.98 Å². The second kappa shape index (κ2) is 4.27. The van der Waals surface area contributed by atoms with E-state index in [1.165, 1.54) is 5.56 Å². The van der Waals surface area contributed by atoms with Crippen LogP contribution in [-0.2, 0) is 0 Å². The molecule has 1 aromatic heterocycles. The minimum Gasteiger partial charge on any atom is -0.315 e. The molecule has 20 heavy (non-hydrogen) atoms. The van der Waals surface area contributed by atoms with Crippen LogP contribution < -0.4 is 0 Å². The van der Waals surface area contributed by atoms with Crippen molar-refractivity contribution in [1.82, 2.24) is 9.88 Å². The first-order chi connectivity index (χ1) is 9.83. The number of amidine groups is 1. The fourth-order valence-electron chi connectivity index (χ4n) is 2.74. The summed E-state index contributed by atoms with van der Waals surface area (Å²) in [7, 11) is 0. The van der Waals surface area contributed by atoms with Gasteiger partial charge in [-0.3, -0.25) is 4.99 Å². The summed E-state index contributed by atoms with van der Waals surface area (Å²) in [6.07, 6.45) is 1.84. The minimum absolute atomic E-state index is 0.778. The highest BCUT2D eigenvalue weighted by Crippen LogP contribution is 2.34. The maximum atomic E-state index is 4.63. The third-order valence-electron chi connectivity index (χ3n) is 3.63. The fraction of sp³-hybridized carbons (Fsp3) is 0.188. The average molecular weight is 262 g/mol. The molecule has 0 atom stereocenters. The maximum absolute atomic E-state index is 4.63.